The zero-order valence-electron chi connectivity index (χ0n) is 11.6. The molecule has 0 aliphatic rings. The lowest BCUT2D eigenvalue weighted by molar-refractivity contribution is -0.114. The van der Waals surface area contributed by atoms with Gasteiger partial charge in [0.1, 0.15) is 5.75 Å². The van der Waals surface area contributed by atoms with E-state index < -0.39 is 0 Å². The van der Waals surface area contributed by atoms with Crippen molar-refractivity contribution in [1.29, 1.82) is 0 Å². The zero-order chi connectivity index (χ0) is 16.1. The van der Waals surface area contributed by atoms with Gasteiger partial charge in [-0.2, -0.15) is 0 Å². The van der Waals surface area contributed by atoms with Crippen LogP contribution in [0.15, 0.2) is 36.4 Å². The highest BCUT2D eigenvalue weighted by Gasteiger charge is 2.07. The molecule has 1 amide bonds. The first-order valence-corrected chi connectivity index (χ1v) is 7.45. The summed E-state index contributed by atoms with van der Waals surface area (Å²) in [6.07, 6.45) is 0. The van der Waals surface area contributed by atoms with Crippen molar-refractivity contribution in [2.45, 2.75) is 0 Å². The van der Waals surface area contributed by atoms with Gasteiger partial charge in [0.05, 0.1) is 29.4 Å². The van der Waals surface area contributed by atoms with Gasteiger partial charge >= 0.3 is 0 Å². The van der Waals surface area contributed by atoms with Gasteiger partial charge in [0, 0.05) is 10.7 Å². The van der Waals surface area contributed by atoms with Crippen LogP contribution >= 0.6 is 34.8 Å². The van der Waals surface area contributed by atoms with Crippen molar-refractivity contribution < 1.29 is 9.53 Å². The van der Waals surface area contributed by atoms with Crippen LogP contribution in [0.2, 0.25) is 15.1 Å². The summed E-state index contributed by atoms with van der Waals surface area (Å²) in [6.45, 7) is 0.0610. The minimum atomic E-state index is -0.254. The largest absolute Gasteiger partial charge is 0.495 e. The highest BCUT2D eigenvalue weighted by Crippen LogP contribution is 2.27. The van der Waals surface area contributed by atoms with E-state index in [-0.39, 0.29) is 12.5 Å². The molecule has 4 nitrogen and oxygen atoms in total. The van der Waals surface area contributed by atoms with E-state index >= 15 is 0 Å². The Morgan fingerprint density at radius 1 is 1.09 bits per heavy atom. The summed E-state index contributed by atoms with van der Waals surface area (Å²) >= 11 is 17.9. The maximum atomic E-state index is 11.9. The second-order valence-electron chi connectivity index (χ2n) is 4.38. The first-order chi connectivity index (χ1) is 10.5. The molecule has 0 atom stereocenters. The Morgan fingerprint density at radius 2 is 1.86 bits per heavy atom. The minimum absolute atomic E-state index is 0.0610. The lowest BCUT2D eigenvalue weighted by Gasteiger charge is -2.10. The number of ether oxygens (including phenoxy) is 1. The van der Waals surface area contributed by atoms with Crippen LogP contribution < -0.4 is 15.4 Å². The third-order valence-electron chi connectivity index (χ3n) is 2.81. The van der Waals surface area contributed by atoms with E-state index in [4.69, 9.17) is 39.5 Å². The van der Waals surface area contributed by atoms with Crippen molar-refractivity contribution in [2.24, 2.45) is 0 Å². The number of rotatable bonds is 5. The Morgan fingerprint density at radius 3 is 2.55 bits per heavy atom. The van der Waals surface area contributed by atoms with Gasteiger partial charge in [-0.1, -0.05) is 34.8 Å². The average molecular weight is 360 g/mol. The van der Waals surface area contributed by atoms with Crippen LogP contribution in [0.4, 0.5) is 11.4 Å². The lowest BCUT2D eigenvalue weighted by atomic mass is 10.3. The van der Waals surface area contributed by atoms with Gasteiger partial charge in [-0.25, -0.2) is 0 Å². The Labute approximate surface area is 143 Å². The van der Waals surface area contributed by atoms with E-state index in [0.717, 1.165) is 0 Å². The Bertz CT molecular complexity index is 692. The highest BCUT2D eigenvalue weighted by atomic mass is 35.5. The van der Waals surface area contributed by atoms with E-state index in [9.17, 15) is 4.79 Å². The monoisotopic (exact) mass is 358 g/mol. The standard InChI is InChI=1S/C15H13Cl3N2O2/c1-22-14-5-3-10(7-12(14)18)19-8-15(21)20-13-6-9(16)2-4-11(13)17/h2-7,19H,8H2,1H3,(H,20,21). The van der Waals surface area contributed by atoms with Crippen molar-refractivity contribution in [3.63, 3.8) is 0 Å². The molecule has 0 saturated carbocycles. The van der Waals surface area contributed by atoms with Gasteiger partial charge in [0.2, 0.25) is 5.91 Å². The molecule has 0 radical (unpaired) electrons. The number of nitrogens with one attached hydrogen (secondary N) is 2. The molecule has 2 N–H and O–H groups in total. The van der Waals surface area contributed by atoms with E-state index in [1.165, 1.54) is 7.11 Å². The van der Waals surface area contributed by atoms with Crippen LogP contribution in [0.3, 0.4) is 0 Å². The molecule has 2 aromatic rings. The molecule has 0 unspecified atom stereocenters. The van der Waals surface area contributed by atoms with E-state index in [1.807, 2.05) is 0 Å². The van der Waals surface area contributed by atoms with Crippen LogP contribution in [0.25, 0.3) is 0 Å². The van der Waals surface area contributed by atoms with Crippen LogP contribution in [0, 0.1) is 0 Å². The minimum Gasteiger partial charge on any atom is -0.495 e. The fraction of sp³-hybridized carbons (Fsp3) is 0.133. The molecule has 0 aliphatic carbocycles. The van der Waals surface area contributed by atoms with Gasteiger partial charge in [-0.05, 0) is 36.4 Å². The molecule has 0 aliphatic heterocycles. The number of hydrogen-bond donors (Lipinski definition) is 2. The van der Waals surface area contributed by atoms with E-state index in [1.54, 1.807) is 36.4 Å². The molecule has 0 spiro atoms. The Balaban J connectivity index is 1.95. The highest BCUT2D eigenvalue weighted by molar-refractivity contribution is 6.35. The number of carbonyl (C=O) groups excluding carboxylic acids is 1. The van der Waals surface area contributed by atoms with Crippen molar-refractivity contribution >= 4 is 52.1 Å². The normalized spacial score (nSPS) is 10.2. The van der Waals surface area contributed by atoms with Gasteiger partial charge in [-0.15, -0.1) is 0 Å². The number of benzene rings is 2. The van der Waals surface area contributed by atoms with Crippen molar-refractivity contribution in [1.82, 2.24) is 0 Å². The Kier molecular flexibility index (Phi) is 5.77. The van der Waals surface area contributed by atoms with Crippen LogP contribution in [-0.2, 0) is 4.79 Å². The predicted molar refractivity (Wildman–Crippen MR) is 91.6 cm³/mol. The third-order valence-corrected chi connectivity index (χ3v) is 3.67. The number of carbonyl (C=O) groups is 1. The molecule has 2 rings (SSSR count). The van der Waals surface area contributed by atoms with Crippen molar-refractivity contribution in [2.75, 3.05) is 24.3 Å². The average Bonchev–Trinajstić information content (AvgIpc) is 2.49. The Hall–Kier alpha value is -1.62. The summed E-state index contributed by atoms with van der Waals surface area (Å²) < 4.78 is 5.06. The predicted octanol–water partition coefficient (Wildman–Crippen LogP) is 4.71. The summed E-state index contributed by atoms with van der Waals surface area (Å²) in [5.41, 5.74) is 1.17. The summed E-state index contributed by atoms with van der Waals surface area (Å²) in [5, 5.41) is 7.03. The fourth-order valence-corrected chi connectivity index (χ4v) is 2.34. The summed E-state index contributed by atoms with van der Waals surface area (Å²) in [5.74, 6) is 0.318. The van der Waals surface area contributed by atoms with Crippen molar-refractivity contribution in [3.8, 4) is 5.75 Å². The molecule has 22 heavy (non-hydrogen) atoms. The number of anilines is 2. The van der Waals surface area contributed by atoms with Crippen LogP contribution in [-0.4, -0.2) is 19.6 Å². The number of halogens is 3. The molecular formula is C15H13Cl3N2O2. The molecule has 0 bridgehead atoms. The maximum absolute atomic E-state index is 11.9. The topological polar surface area (TPSA) is 50.4 Å². The molecule has 0 aromatic heterocycles. The number of amides is 1. The molecule has 116 valence electrons. The fourth-order valence-electron chi connectivity index (χ4n) is 1.75. The van der Waals surface area contributed by atoms with E-state index in [0.29, 0.717) is 32.2 Å². The van der Waals surface area contributed by atoms with E-state index in [2.05, 4.69) is 10.6 Å². The van der Waals surface area contributed by atoms with Gasteiger partial charge in [-0.3, -0.25) is 4.79 Å². The smallest absolute Gasteiger partial charge is 0.243 e. The number of hydrogen-bond acceptors (Lipinski definition) is 3. The molecule has 0 fully saturated rings. The van der Waals surface area contributed by atoms with Crippen LogP contribution in [0.1, 0.15) is 0 Å². The van der Waals surface area contributed by atoms with Gasteiger partial charge in [0.25, 0.3) is 0 Å². The second kappa shape index (κ2) is 7.58. The maximum Gasteiger partial charge on any atom is 0.243 e. The molecule has 0 saturated heterocycles. The SMILES string of the molecule is COc1ccc(NCC(=O)Nc2cc(Cl)ccc2Cl)cc1Cl. The quantitative estimate of drug-likeness (QED) is 0.813. The number of methoxy groups -OCH3 is 1. The van der Waals surface area contributed by atoms with Crippen molar-refractivity contribution in [3.05, 3.63) is 51.5 Å². The molecule has 7 heteroatoms. The third kappa shape index (κ3) is 4.44. The lowest BCUT2D eigenvalue weighted by Crippen LogP contribution is -2.21. The first kappa shape index (κ1) is 16.7. The van der Waals surface area contributed by atoms with Gasteiger partial charge in [0.15, 0.2) is 0 Å². The summed E-state index contributed by atoms with van der Waals surface area (Å²) in [4.78, 5) is 11.9. The van der Waals surface area contributed by atoms with Crippen LogP contribution in [0.5, 0.6) is 5.75 Å². The first-order valence-electron chi connectivity index (χ1n) is 6.32. The van der Waals surface area contributed by atoms with Gasteiger partial charge < -0.3 is 15.4 Å². The summed E-state index contributed by atoms with van der Waals surface area (Å²) in [7, 11) is 1.54. The second-order valence-corrected chi connectivity index (χ2v) is 5.63. The zero-order valence-corrected chi connectivity index (χ0v) is 13.9. The molecule has 2 aromatic carbocycles. The molecular weight excluding hydrogens is 347 g/mol. The summed E-state index contributed by atoms with van der Waals surface area (Å²) in [6, 6.07) is 10.0. The molecule has 0 heterocycles.